The lowest BCUT2D eigenvalue weighted by atomic mass is 10.2. The molecule has 0 saturated heterocycles. The molecule has 0 aliphatic heterocycles. The van der Waals surface area contributed by atoms with Crippen molar-refractivity contribution in [3.05, 3.63) is 35.9 Å². The summed E-state index contributed by atoms with van der Waals surface area (Å²) in [6.45, 7) is -1.09. The van der Waals surface area contributed by atoms with Crippen LogP contribution >= 0.6 is 0 Å². The molecule has 0 fully saturated rings. The monoisotopic (exact) mass is 304 g/mol. The van der Waals surface area contributed by atoms with Crippen LogP contribution in [0.4, 0.5) is 13.2 Å². The van der Waals surface area contributed by atoms with Crippen LogP contribution in [0.5, 0.6) is 5.75 Å². The minimum absolute atomic E-state index is 0.0435. The van der Waals surface area contributed by atoms with Crippen LogP contribution in [0, 0.1) is 0 Å². The van der Waals surface area contributed by atoms with Gasteiger partial charge in [0.05, 0.1) is 13.2 Å². The van der Waals surface area contributed by atoms with Crippen LogP contribution in [0.15, 0.2) is 30.3 Å². The van der Waals surface area contributed by atoms with E-state index in [1.165, 1.54) is 6.08 Å². The number of hydrogen-bond donors (Lipinski definition) is 1. The summed E-state index contributed by atoms with van der Waals surface area (Å²) >= 11 is 0. The minimum atomic E-state index is -4.31. The standard InChI is InChI=1S/C14H15F3O4/c15-14(16,17)10-20-7-2-8-21-12-4-1-3-11(9-12)5-6-13(18)19/h1,3-6,9H,2,7-8,10H2,(H,18,19). The van der Waals surface area contributed by atoms with Gasteiger partial charge < -0.3 is 14.6 Å². The zero-order valence-electron chi connectivity index (χ0n) is 11.1. The van der Waals surface area contributed by atoms with Crippen molar-refractivity contribution in [1.82, 2.24) is 0 Å². The number of aliphatic carboxylic acids is 1. The number of carboxylic acid groups (broad SMARTS) is 1. The van der Waals surface area contributed by atoms with Crippen molar-refractivity contribution in [2.45, 2.75) is 12.6 Å². The second kappa shape index (κ2) is 8.31. The molecule has 1 aromatic carbocycles. The number of alkyl halides is 3. The highest BCUT2D eigenvalue weighted by atomic mass is 19.4. The molecule has 7 heteroatoms. The fourth-order valence-electron chi connectivity index (χ4n) is 1.41. The molecular formula is C14H15F3O4. The van der Waals surface area contributed by atoms with E-state index < -0.39 is 18.8 Å². The molecule has 0 aliphatic rings. The first-order valence-corrected chi connectivity index (χ1v) is 6.15. The number of hydrogen-bond acceptors (Lipinski definition) is 3. The van der Waals surface area contributed by atoms with Gasteiger partial charge in [-0.05, 0) is 23.8 Å². The van der Waals surface area contributed by atoms with Gasteiger partial charge >= 0.3 is 12.1 Å². The number of ether oxygens (including phenoxy) is 2. The molecule has 21 heavy (non-hydrogen) atoms. The molecule has 4 nitrogen and oxygen atoms in total. The fourth-order valence-corrected chi connectivity index (χ4v) is 1.41. The molecule has 1 rings (SSSR count). The summed E-state index contributed by atoms with van der Waals surface area (Å²) in [4.78, 5) is 10.4. The maximum Gasteiger partial charge on any atom is 0.411 e. The van der Waals surface area contributed by atoms with Crippen molar-refractivity contribution in [3.63, 3.8) is 0 Å². The number of carboxylic acids is 1. The number of carbonyl (C=O) groups is 1. The van der Waals surface area contributed by atoms with Gasteiger partial charge in [-0.15, -0.1) is 0 Å². The first-order valence-electron chi connectivity index (χ1n) is 6.15. The van der Waals surface area contributed by atoms with Crippen molar-refractivity contribution in [2.24, 2.45) is 0 Å². The molecule has 0 saturated carbocycles. The largest absolute Gasteiger partial charge is 0.493 e. The van der Waals surface area contributed by atoms with E-state index in [0.717, 1.165) is 6.08 Å². The van der Waals surface area contributed by atoms with Gasteiger partial charge in [-0.25, -0.2) is 4.79 Å². The summed E-state index contributed by atoms with van der Waals surface area (Å²) in [5.74, 6) is -0.540. The number of benzene rings is 1. The van der Waals surface area contributed by atoms with E-state index in [-0.39, 0.29) is 13.2 Å². The topological polar surface area (TPSA) is 55.8 Å². The summed E-state index contributed by atoms with van der Waals surface area (Å²) < 4.78 is 45.2. The van der Waals surface area contributed by atoms with Crippen LogP contribution in [0.1, 0.15) is 12.0 Å². The van der Waals surface area contributed by atoms with Crippen LogP contribution in [0.3, 0.4) is 0 Å². The summed E-state index contributed by atoms with van der Waals surface area (Å²) in [5, 5.41) is 8.51. The van der Waals surface area contributed by atoms with Crippen molar-refractivity contribution in [2.75, 3.05) is 19.8 Å². The van der Waals surface area contributed by atoms with Crippen molar-refractivity contribution in [3.8, 4) is 5.75 Å². The lowest BCUT2D eigenvalue weighted by Gasteiger charge is -2.09. The van der Waals surface area contributed by atoms with Crippen molar-refractivity contribution >= 4 is 12.0 Å². The molecule has 0 aliphatic carbocycles. The Bertz CT molecular complexity index is 483. The Labute approximate surface area is 119 Å². The van der Waals surface area contributed by atoms with Crippen LogP contribution in [-0.4, -0.2) is 37.1 Å². The fraction of sp³-hybridized carbons (Fsp3) is 0.357. The summed E-state index contributed by atoms with van der Waals surface area (Å²) in [7, 11) is 0. The number of rotatable bonds is 8. The van der Waals surface area contributed by atoms with E-state index >= 15 is 0 Å². The maximum atomic E-state index is 11.8. The van der Waals surface area contributed by atoms with E-state index in [2.05, 4.69) is 4.74 Å². The second-order valence-electron chi connectivity index (χ2n) is 4.11. The molecule has 0 spiro atoms. The molecule has 0 atom stereocenters. The average molecular weight is 304 g/mol. The molecular weight excluding hydrogens is 289 g/mol. The Morgan fingerprint density at radius 1 is 1.29 bits per heavy atom. The Hall–Kier alpha value is -2.02. The lowest BCUT2D eigenvalue weighted by molar-refractivity contribution is -0.174. The smallest absolute Gasteiger partial charge is 0.411 e. The minimum Gasteiger partial charge on any atom is -0.493 e. The quantitative estimate of drug-likeness (QED) is 0.592. The van der Waals surface area contributed by atoms with Gasteiger partial charge in [-0.3, -0.25) is 0 Å². The molecule has 0 unspecified atom stereocenters. The highest BCUT2D eigenvalue weighted by Crippen LogP contribution is 2.16. The molecule has 0 heterocycles. The van der Waals surface area contributed by atoms with Gasteiger partial charge in [-0.2, -0.15) is 13.2 Å². The Balaban J connectivity index is 2.29. The molecule has 1 N–H and O–H groups in total. The first kappa shape index (κ1) is 17.0. The number of halogens is 3. The highest BCUT2D eigenvalue weighted by molar-refractivity contribution is 5.85. The van der Waals surface area contributed by atoms with Gasteiger partial charge in [0.2, 0.25) is 0 Å². The molecule has 0 bridgehead atoms. The van der Waals surface area contributed by atoms with Gasteiger partial charge in [0.1, 0.15) is 12.4 Å². The Morgan fingerprint density at radius 2 is 2.05 bits per heavy atom. The predicted octanol–water partition coefficient (Wildman–Crippen LogP) is 3.13. The van der Waals surface area contributed by atoms with Crippen molar-refractivity contribution < 1.29 is 32.5 Å². The molecule has 0 aromatic heterocycles. The van der Waals surface area contributed by atoms with Gasteiger partial charge in [0, 0.05) is 12.5 Å². The molecule has 1 aromatic rings. The molecule has 0 radical (unpaired) electrons. The van der Waals surface area contributed by atoms with E-state index in [0.29, 0.717) is 17.7 Å². The Morgan fingerprint density at radius 3 is 2.71 bits per heavy atom. The van der Waals surface area contributed by atoms with E-state index in [4.69, 9.17) is 9.84 Å². The van der Waals surface area contributed by atoms with Crippen LogP contribution in [0.25, 0.3) is 6.08 Å². The third-order valence-corrected chi connectivity index (χ3v) is 2.24. The van der Waals surface area contributed by atoms with Gasteiger partial charge in [0.15, 0.2) is 0 Å². The zero-order valence-corrected chi connectivity index (χ0v) is 11.1. The van der Waals surface area contributed by atoms with Crippen LogP contribution in [0.2, 0.25) is 0 Å². The van der Waals surface area contributed by atoms with Crippen molar-refractivity contribution in [1.29, 1.82) is 0 Å². The molecule has 116 valence electrons. The predicted molar refractivity (Wildman–Crippen MR) is 70.1 cm³/mol. The average Bonchev–Trinajstić information content (AvgIpc) is 2.40. The van der Waals surface area contributed by atoms with E-state index in [1.54, 1.807) is 24.3 Å². The lowest BCUT2D eigenvalue weighted by Crippen LogP contribution is -2.18. The molecule has 0 amide bonds. The summed E-state index contributed by atoms with van der Waals surface area (Å²) in [5.41, 5.74) is 0.656. The van der Waals surface area contributed by atoms with E-state index in [1.807, 2.05) is 0 Å². The van der Waals surface area contributed by atoms with E-state index in [9.17, 15) is 18.0 Å². The first-order chi connectivity index (χ1) is 9.87. The van der Waals surface area contributed by atoms with Gasteiger partial charge in [-0.1, -0.05) is 12.1 Å². The third kappa shape index (κ3) is 8.69. The second-order valence-corrected chi connectivity index (χ2v) is 4.11. The third-order valence-electron chi connectivity index (χ3n) is 2.24. The summed E-state index contributed by atoms with van der Waals surface area (Å²) in [6.07, 6.45) is -1.57. The van der Waals surface area contributed by atoms with Crippen LogP contribution < -0.4 is 4.74 Å². The maximum absolute atomic E-state index is 11.8. The summed E-state index contributed by atoms with van der Waals surface area (Å²) in [6, 6.07) is 6.71. The highest BCUT2D eigenvalue weighted by Gasteiger charge is 2.27. The Kier molecular flexibility index (Phi) is 6.74. The van der Waals surface area contributed by atoms with Crippen LogP contribution in [-0.2, 0) is 9.53 Å². The SMILES string of the molecule is O=C(O)C=Cc1cccc(OCCCOCC(F)(F)F)c1. The zero-order chi connectivity index (χ0) is 15.7. The van der Waals surface area contributed by atoms with Gasteiger partial charge in [0.25, 0.3) is 0 Å². The normalized spacial score (nSPS) is 11.8.